The predicted molar refractivity (Wildman–Crippen MR) is 101 cm³/mol. The average Bonchev–Trinajstić information content (AvgIpc) is 3.08. The van der Waals surface area contributed by atoms with E-state index in [1.807, 2.05) is 30.3 Å². The number of methoxy groups -OCH3 is 1. The van der Waals surface area contributed by atoms with Crippen LogP contribution in [0, 0.1) is 0 Å². The molecule has 0 aliphatic rings. The van der Waals surface area contributed by atoms with E-state index in [0.29, 0.717) is 11.1 Å². The highest BCUT2D eigenvalue weighted by Gasteiger charge is 2.15. The molecule has 0 saturated carbocycles. The number of aromatic nitrogens is 2. The number of thioether (sulfide) groups is 1. The maximum atomic E-state index is 5.78. The average molecular weight is 354 g/mol. The highest BCUT2D eigenvalue weighted by molar-refractivity contribution is 7.98. The molecule has 1 heterocycles. The lowest BCUT2D eigenvalue weighted by atomic mass is 9.87. The summed E-state index contributed by atoms with van der Waals surface area (Å²) in [6, 6.07) is 16.3. The first-order chi connectivity index (χ1) is 12.0. The van der Waals surface area contributed by atoms with Crippen LogP contribution in [0.15, 0.2) is 58.2 Å². The van der Waals surface area contributed by atoms with Crippen molar-refractivity contribution in [2.75, 3.05) is 7.11 Å². The van der Waals surface area contributed by atoms with E-state index >= 15 is 0 Å². The molecule has 4 nitrogen and oxygen atoms in total. The van der Waals surface area contributed by atoms with Crippen LogP contribution in [0.3, 0.4) is 0 Å². The van der Waals surface area contributed by atoms with Crippen molar-refractivity contribution in [1.29, 1.82) is 0 Å². The molecule has 0 aliphatic carbocycles. The smallest absolute Gasteiger partial charge is 0.277 e. The fourth-order valence-electron chi connectivity index (χ4n) is 2.40. The quantitative estimate of drug-likeness (QED) is 0.579. The zero-order chi connectivity index (χ0) is 17.9. The number of nitrogens with zero attached hydrogens (tertiary/aromatic N) is 2. The van der Waals surface area contributed by atoms with Crippen LogP contribution < -0.4 is 4.74 Å². The Bertz CT molecular complexity index is 835. The van der Waals surface area contributed by atoms with Crippen molar-refractivity contribution < 1.29 is 9.15 Å². The zero-order valence-corrected chi connectivity index (χ0v) is 15.8. The molecule has 130 valence electrons. The largest absolute Gasteiger partial charge is 0.497 e. The summed E-state index contributed by atoms with van der Waals surface area (Å²) >= 11 is 1.52. The van der Waals surface area contributed by atoms with Crippen LogP contribution in [0.5, 0.6) is 5.75 Å². The molecular weight excluding hydrogens is 332 g/mol. The molecule has 0 saturated heterocycles. The van der Waals surface area contributed by atoms with E-state index in [-0.39, 0.29) is 5.41 Å². The van der Waals surface area contributed by atoms with E-state index in [1.54, 1.807) is 7.11 Å². The molecule has 1 aromatic heterocycles. The van der Waals surface area contributed by atoms with Crippen molar-refractivity contribution in [1.82, 2.24) is 10.2 Å². The summed E-state index contributed by atoms with van der Waals surface area (Å²) in [5, 5.41) is 8.87. The molecule has 0 spiro atoms. The van der Waals surface area contributed by atoms with Gasteiger partial charge in [-0.1, -0.05) is 56.8 Å². The first kappa shape index (κ1) is 17.5. The molecule has 0 amide bonds. The lowest BCUT2D eigenvalue weighted by Gasteiger charge is -2.18. The van der Waals surface area contributed by atoms with Gasteiger partial charge >= 0.3 is 0 Å². The number of ether oxygens (including phenoxy) is 1. The molecule has 3 aromatic rings. The van der Waals surface area contributed by atoms with Gasteiger partial charge in [-0.05, 0) is 40.8 Å². The van der Waals surface area contributed by atoms with Crippen molar-refractivity contribution in [3.05, 3.63) is 59.7 Å². The summed E-state index contributed by atoms with van der Waals surface area (Å²) < 4.78 is 11.0. The minimum absolute atomic E-state index is 0.130. The van der Waals surface area contributed by atoms with Crippen molar-refractivity contribution in [2.45, 2.75) is 37.2 Å². The Balaban J connectivity index is 1.68. The third-order valence-corrected chi connectivity index (χ3v) is 4.79. The van der Waals surface area contributed by atoms with E-state index < -0.39 is 0 Å². The van der Waals surface area contributed by atoms with Crippen molar-refractivity contribution >= 4 is 11.8 Å². The predicted octanol–water partition coefficient (Wildman–Crippen LogP) is 5.34. The summed E-state index contributed by atoms with van der Waals surface area (Å²) in [6.07, 6.45) is 0. The van der Waals surface area contributed by atoms with Gasteiger partial charge in [-0.3, -0.25) is 0 Å². The minimum atomic E-state index is 0.130. The van der Waals surface area contributed by atoms with E-state index in [0.717, 1.165) is 22.6 Å². The Hall–Kier alpha value is -2.27. The van der Waals surface area contributed by atoms with E-state index in [4.69, 9.17) is 9.15 Å². The van der Waals surface area contributed by atoms with Gasteiger partial charge in [0.2, 0.25) is 5.89 Å². The molecular formula is C20H22N2O2S. The molecule has 0 bridgehead atoms. The Labute approximate surface area is 152 Å². The molecule has 0 N–H and O–H groups in total. The topological polar surface area (TPSA) is 48.2 Å². The summed E-state index contributed by atoms with van der Waals surface area (Å²) in [4.78, 5) is 0. The van der Waals surface area contributed by atoms with Crippen molar-refractivity contribution in [2.24, 2.45) is 0 Å². The summed E-state index contributed by atoms with van der Waals surface area (Å²) in [6.45, 7) is 6.59. The van der Waals surface area contributed by atoms with Crippen molar-refractivity contribution in [3.63, 3.8) is 0 Å². The molecule has 3 rings (SSSR count). The highest BCUT2D eigenvalue weighted by Crippen LogP contribution is 2.28. The number of hydrogen-bond acceptors (Lipinski definition) is 5. The van der Waals surface area contributed by atoms with Gasteiger partial charge in [0.1, 0.15) is 5.75 Å². The highest BCUT2D eigenvalue weighted by atomic mass is 32.2. The van der Waals surface area contributed by atoms with Crippen LogP contribution in [0.4, 0.5) is 0 Å². The molecule has 0 radical (unpaired) electrons. The van der Waals surface area contributed by atoms with Crippen LogP contribution in [0.1, 0.15) is 31.9 Å². The molecule has 0 fully saturated rings. The van der Waals surface area contributed by atoms with Crippen LogP contribution >= 0.6 is 11.8 Å². The molecule has 0 atom stereocenters. The van der Waals surface area contributed by atoms with Gasteiger partial charge in [-0.2, -0.15) is 0 Å². The number of benzene rings is 2. The normalized spacial score (nSPS) is 11.5. The summed E-state index contributed by atoms with van der Waals surface area (Å²) in [5.41, 5.74) is 3.50. The molecule has 25 heavy (non-hydrogen) atoms. The van der Waals surface area contributed by atoms with Gasteiger partial charge < -0.3 is 9.15 Å². The first-order valence-electron chi connectivity index (χ1n) is 8.16. The van der Waals surface area contributed by atoms with Gasteiger partial charge in [0, 0.05) is 11.3 Å². The van der Waals surface area contributed by atoms with E-state index in [9.17, 15) is 0 Å². The Morgan fingerprint density at radius 2 is 1.80 bits per heavy atom. The molecule has 0 unspecified atom stereocenters. The van der Waals surface area contributed by atoms with Gasteiger partial charge in [0.05, 0.1) is 7.11 Å². The minimum Gasteiger partial charge on any atom is -0.497 e. The van der Waals surface area contributed by atoms with Gasteiger partial charge in [-0.25, -0.2) is 0 Å². The molecule has 2 aromatic carbocycles. The number of rotatable bonds is 5. The Kier molecular flexibility index (Phi) is 5.13. The molecule has 0 aliphatic heterocycles. The monoisotopic (exact) mass is 354 g/mol. The number of hydrogen-bond donors (Lipinski definition) is 0. The van der Waals surface area contributed by atoms with Gasteiger partial charge in [0.15, 0.2) is 0 Å². The van der Waals surface area contributed by atoms with Crippen LogP contribution in [-0.2, 0) is 11.2 Å². The third-order valence-electron chi connectivity index (χ3n) is 3.90. The van der Waals surface area contributed by atoms with Crippen LogP contribution in [0.25, 0.3) is 11.5 Å². The van der Waals surface area contributed by atoms with E-state index in [1.165, 1.54) is 17.3 Å². The lowest BCUT2D eigenvalue weighted by molar-refractivity contribution is 0.414. The maximum absolute atomic E-state index is 5.78. The first-order valence-corrected chi connectivity index (χ1v) is 9.14. The molecule has 5 heteroatoms. The SMILES string of the molecule is COc1cccc(CSc2nnc(-c3ccc(C(C)(C)C)cc3)o2)c1. The second-order valence-corrected chi connectivity index (χ2v) is 7.77. The van der Waals surface area contributed by atoms with Crippen LogP contribution in [-0.4, -0.2) is 17.3 Å². The fraction of sp³-hybridized carbons (Fsp3) is 0.300. The third kappa shape index (κ3) is 4.42. The zero-order valence-electron chi connectivity index (χ0n) is 14.9. The Morgan fingerprint density at radius 3 is 2.48 bits per heavy atom. The van der Waals surface area contributed by atoms with E-state index in [2.05, 4.69) is 49.2 Å². The second kappa shape index (κ2) is 7.31. The fourth-order valence-corrected chi connectivity index (χ4v) is 3.11. The second-order valence-electron chi connectivity index (χ2n) is 6.84. The van der Waals surface area contributed by atoms with Gasteiger partial charge in [-0.15, -0.1) is 10.2 Å². The summed E-state index contributed by atoms with van der Waals surface area (Å²) in [7, 11) is 1.67. The summed E-state index contributed by atoms with van der Waals surface area (Å²) in [5.74, 6) is 2.15. The van der Waals surface area contributed by atoms with Crippen LogP contribution in [0.2, 0.25) is 0 Å². The Morgan fingerprint density at radius 1 is 1.04 bits per heavy atom. The lowest BCUT2D eigenvalue weighted by Crippen LogP contribution is -2.10. The van der Waals surface area contributed by atoms with Gasteiger partial charge in [0.25, 0.3) is 5.22 Å². The maximum Gasteiger partial charge on any atom is 0.277 e. The standard InChI is InChI=1S/C20H22N2O2S/c1-20(2,3)16-10-8-15(9-11-16)18-21-22-19(24-18)25-13-14-6-5-7-17(12-14)23-4/h5-12H,13H2,1-4H3. The van der Waals surface area contributed by atoms with Crippen molar-refractivity contribution in [3.8, 4) is 17.2 Å².